The van der Waals surface area contributed by atoms with Crippen molar-refractivity contribution in [1.29, 1.82) is 0 Å². The molecule has 4 heteroatoms. The SMILES string of the molecule is Cc1ncn(-c2c(F)cccc2CNC2CC2)c1C. The first-order chi connectivity index (χ1) is 9.16. The van der Waals surface area contributed by atoms with Crippen molar-refractivity contribution >= 4 is 0 Å². The summed E-state index contributed by atoms with van der Waals surface area (Å²) in [6, 6.07) is 5.86. The number of halogens is 1. The molecule has 0 bridgehead atoms. The first-order valence-corrected chi connectivity index (χ1v) is 6.68. The van der Waals surface area contributed by atoms with Crippen LogP contribution >= 0.6 is 0 Å². The van der Waals surface area contributed by atoms with Gasteiger partial charge < -0.3 is 9.88 Å². The molecule has 3 rings (SSSR count). The van der Waals surface area contributed by atoms with Crippen molar-refractivity contribution < 1.29 is 4.39 Å². The lowest BCUT2D eigenvalue weighted by Crippen LogP contribution is -2.17. The molecular formula is C15H18FN3. The lowest BCUT2D eigenvalue weighted by atomic mass is 10.1. The van der Waals surface area contributed by atoms with Gasteiger partial charge in [0.2, 0.25) is 0 Å². The first-order valence-electron chi connectivity index (χ1n) is 6.68. The quantitative estimate of drug-likeness (QED) is 0.915. The Morgan fingerprint density at radius 3 is 2.79 bits per heavy atom. The average Bonchev–Trinajstić information content (AvgIpc) is 3.16. The van der Waals surface area contributed by atoms with E-state index in [0.29, 0.717) is 18.3 Å². The Morgan fingerprint density at radius 1 is 1.37 bits per heavy atom. The molecule has 1 aliphatic rings. The summed E-state index contributed by atoms with van der Waals surface area (Å²) in [6.07, 6.45) is 4.16. The van der Waals surface area contributed by atoms with E-state index in [1.54, 1.807) is 12.4 Å². The Labute approximate surface area is 112 Å². The van der Waals surface area contributed by atoms with Gasteiger partial charge in [0.05, 0.1) is 17.7 Å². The Kier molecular flexibility index (Phi) is 3.11. The fraction of sp³-hybridized carbons (Fsp3) is 0.400. The number of hydrogen-bond donors (Lipinski definition) is 1. The number of hydrogen-bond acceptors (Lipinski definition) is 2. The van der Waals surface area contributed by atoms with Gasteiger partial charge >= 0.3 is 0 Å². The van der Waals surface area contributed by atoms with Gasteiger partial charge in [-0.25, -0.2) is 9.37 Å². The minimum Gasteiger partial charge on any atom is -0.310 e. The summed E-state index contributed by atoms with van der Waals surface area (Å²) in [7, 11) is 0. The molecular weight excluding hydrogens is 241 g/mol. The van der Waals surface area contributed by atoms with Gasteiger partial charge in [-0.15, -0.1) is 0 Å². The molecule has 0 amide bonds. The first kappa shape index (κ1) is 12.4. The van der Waals surface area contributed by atoms with Crippen LogP contribution in [0, 0.1) is 19.7 Å². The molecule has 0 aliphatic heterocycles. The number of aryl methyl sites for hydroxylation is 1. The normalized spacial score (nSPS) is 14.9. The number of nitrogens with one attached hydrogen (secondary N) is 1. The number of benzene rings is 1. The van der Waals surface area contributed by atoms with E-state index in [2.05, 4.69) is 10.3 Å². The van der Waals surface area contributed by atoms with Crippen molar-refractivity contribution in [3.63, 3.8) is 0 Å². The zero-order chi connectivity index (χ0) is 13.4. The van der Waals surface area contributed by atoms with Crippen molar-refractivity contribution in [2.45, 2.75) is 39.3 Å². The third-order valence-corrected chi connectivity index (χ3v) is 3.72. The van der Waals surface area contributed by atoms with Crippen molar-refractivity contribution in [2.24, 2.45) is 0 Å². The molecule has 0 saturated heterocycles. The Morgan fingerprint density at radius 2 is 2.16 bits per heavy atom. The van der Waals surface area contributed by atoms with Crippen LogP contribution in [0.3, 0.4) is 0 Å². The van der Waals surface area contributed by atoms with E-state index in [4.69, 9.17) is 0 Å². The highest BCUT2D eigenvalue weighted by Crippen LogP contribution is 2.24. The van der Waals surface area contributed by atoms with Crippen LogP contribution in [0.15, 0.2) is 24.5 Å². The molecule has 1 fully saturated rings. The van der Waals surface area contributed by atoms with Crippen LogP contribution in [-0.4, -0.2) is 15.6 Å². The van der Waals surface area contributed by atoms with E-state index in [1.807, 2.05) is 24.5 Å². The molecule has 0 atom stereocenters. The molecule has 1 N–H and O–H groups in total. The monoisotopic (exact) mass is 259 g/mol. The predicted octanol–water partition coefficient (Wildman–Crippen LogP) is 2.88. The summed E-state index contributed by atoms with van der Waals surface area (Å²) >= 11 is 0. The topological polar surface area (TPSA) is 29.9 Å². The third kappa shape index (κ3) is 2.40. The van der Waals surface area contributed by atoms with Crippen molar-refractivity contribution in [3.8, 4) is 5.69 Å². The van der Waals surface area contributed by atoms with Crippen LogP contribution in [0.2, 0.25) is 0 Å². The molecule has 1 aromatic heterocycles. The maximum atomic E-state index is 14.2. The summed E-state index contributed by atoms with van der Waals surface area (Å²) in [5, 5.41) is 3.44. The highest BCUT2D eigenvalue weighted by molar-refractivity contribution is 5.44. The maximum Gasteiger partial charge on any atom is 0.147 e. The van der Waals surface area contributed by atoms with Crippen LogP contribution in [0.1, 0.15) is 29.8 Å². The standard InChI is InChI=1S/C15H18FN3/c1-10-11(2)19(9-18-10)15-12(4-3-5-14(15)16)8-17-13-6-7-13/h3-5,9,13,17H,6-8H2,1-2H3. The zero-order valence-corrected chi connectivity index (χ0v) is 11.3. The smallest absolute Gasteiger partial charge is 0.147 e. The molecule has 0 spiro atoms. The predicted molar refractivity (Wildman–Crippen MR) is 72.9 cm³/mol. The summed E-state index contributed by atoms with van der Waals surface area (Å²) < 4.78 is 16.0. The molecule has 100 valence electrons. The number of rotatable bonds is 4. The molecule has 3 nitrogen and oxygen atoms in total. The Bertz CT molecular complexity index is 599. The second-order valence-electron chi connectivity index (χ2n) is 5.19. The molecule has 0 unspecified atom stereocenters. The van der Waals surface area contributed by atoms with Gasteiger partial charge in [-0.05, 0) is 38.3 Å². The van der Waals surface area contributed by atoms with Crippen molar-refractivity contribution in [2.75, 3.05) is 0 Å². The highest BCUT2D eigenvalue weighted by Gasteiger charge is 2.21. The molecule has 0 radical (unpaired) electrons. The Hall–Kier alpha value is -1.68. The van der Waals surface area contributed by atoms with Gasteiger partial charge in [0.15, 0.2) is 0 Å². The van der Waals surface area contributed by atoms with Gasteiger partial charge in [0, 0.05) is 18.3 Å². The van der Waals surface area contributed by atoms with Crippen LogP contribution < -0.4 is 5.32 Å². The third-order valence-electron chi connectivity index (χ3n) is 3.72. The van der Waals surface area contributed by atoms with Crippen LogP contribution in [0.5, 0.6) is 0 Å². The average molecular weight is 259 g/mol. The van der Waals surface area contributed by atoms with Gasteiger partial charge in [0.25, 0.3) is 0 Å². The van der Waals surface area contributed by atoms with E-state index in [1.165, 1.54) is 18.9 Å². The number of nitrogens with zero attached hydrogens (tertiary/aromatic N) is 2. The van der Waals surface area contributed by atoms with E-state index >= 15 is 0 Å². The Balaban J connectivity index is 2.00. The lowest BCUT2D eigenvalue weighted by molar-refractivity contribution is 0.607. The minimum absolute atomic E-state index is 0.199. The molecule has 1 aromatic carbocycles. The summed E-state index contributed by atoms with van der Waals surface area (Å²) in [5.41, 5.74) is 3.52. The molecule has 19 heavy (non-hydrogen) atoms. The van der Waals surface area contributed by atoms with Gasteiger partial charge in [0.1, 0.15) is 5.82 Å². The van der Waals surface area contributed by atoms with Crippen LogP contribution in [0.4, 0.5) is 4.39 Å². The van der Waals surface area contributed by atoms with Crippen molar-refractivity contribution in [3.05, 3.63) is 47.3 Å². The van der Waals surface area contributed by atoms with E-state index < -0.39 is 0 Å². The number of para-hydroxylation sites is 1. The number of aromatic nitrogens is 2. The molecule has 1 heterocycles. The van der Waals surface area contributed by atoms with Gasteiger partial charge in [-0.1, -0.05) is 12.1 Å². The van der Waals surface area contributed by atoms with Gasteiger partial charge in [-0.3, -0.25) is 0 Å². The zero-order valence-electron chi connectivity index (χ0n) is 11.3. The molecule has 2 aromatic rings. The summed E-state index contributed by atoms with van der Waals surface area (Å²) in [4.78, 5) is 4.26. The lowest BCUT2D eigenvalue weighted by Gasteiger charge is -2.13. The van der Waals surface area contributed by atoms with Crippen molar-refractivity contribution in [1.82, 2.24) is 14.9 Å². The van der Waals surface area contributed by atoms with E-state index in [9.17, 15) is 4.39 Å². The maximum absolute atomic E-state index is 14.2. The van der Waals surface area contributed by atoms with E-state index in [0.717, 1.165) is 17.0 Å². The summed E-state index contributed by atoms with van der Waals surface area (Å²) in [5.74, 6) is -0.199. The summed E-state index contributed by atoms with van der Waals surface area (Å²) in [6.45, 7) is 4.61. The van der Waals surface area contributed by atoms with Gasteiger partial charge in [-0.2, -0.15) is 0 Å². The van der Waals surface area contributed by atoms with Crippen LogP contribution in [0.25, 0.3) is 5.69 Å². The minimum atomic E-state index is -0.199. The van der Waals surface area contributed by atoms with E-state index in [-0.39, 0.29) is 5.82 Å². The van der Waals surface area contributed by atoms with Crippen LogP contribution in [-0.2, 0) is 6.54 Å². The second-order valence-corrected chi connectivity index (χ2v) is 5.19. The fourth-order valence-electron chi connectivity index (χ4n) is 2.24. The fourth-order valence-corrected chi connectivity index (χ4v) is 2.24. The number of imidazole rings is 1. The molecule has 1 aliphatic carbocycles. The largest absolute Gasteiger partial charge is 0.310 e. The second kappa shape index (κ2) is 4.78. The highest BCUT2D eigenvalue weighted by atomic mass is 19.1. The molecule has 1 saturated carbocycles.